The van der Waals surface area contributed by atoms with Gasteiger partial charge in [0.25, 0.3) is 0 Å². The van der Waals surface area contributed by atoms with Crippen LogP contribution in [0.2, 0.25) is 0 Å². The Morgan fingerprint density at radius 3 is 2.58 bits per heavy atom. The number of halogens is 3. The molecule has 4 nitrogen and oxygen atoms in total. The van der Waals surface area contributed by atoms with E-state index in [1.54, 1.807) is 12.1 Å². The van der Waals surface area contributed by atoms with Crippen molar-refractivity contribution in [3.05, 3.63) is 76.4 Å². The van der Waals surface area contributed by atoms with Gasteiger partial charge in [0.15, 0.2) is 0 Å². The second-order valence-corrected chi connectivity index (χ2v) is 6.44. The Bertz CT molecular complexity index is 811. The number of urea groups is 1. The number of amides is 2. The van der Waals surface area contributed by atoms with E-state index in [1.807, 2.05) is 17.5 Å². The van der Waals surface area contributed by atoms with Gasteiger partial charge in [-0.3, -0.25) is 0 Å². The molecule has 0 aliphatic heterocycles. The van der Waals surface area contributed by atoms with Crippen LogP contribution < -0.4 is 10.6 Å². The van der Waals surface area contributed by atoms with Crippen molar-refractivity contribution in [2.75, 3.05) is 11.9 Å². The first-order valence-electron chi connectivity index (χ1n) is 7.73. The van der Waals surface area contributed by atoms with Crippen molar-refractivity contribution >= 4 is 23.1 Å². The Morgan fingerprint density at radius 2 is 1.92 bits per heavy atom. The van der Waals surface area contributed by atoms with E-state index in [9.17, 15) is 18.0 Å². The summed E-state index contributed by atoms with van der Waals surface area (Å²) in [5, 5.41) is 6.79. The molecule has 0 fully saturated rings. The molecule has 1 aromatic carbocycles. The fourth-order valence-corrected chi connectivity index (χ4v) is 3.36. The average Bonchev–Trinajstić information content (AvgIpc) is 3.28. The summed E-state index contributed by atoms with van der Waals surface area (Å²) in [5.74, 6) is 0.456. The van der Waals surface area contributed by atoms with Gasteiger partial charge >= 0.3 is 12.2 Å². The maximum Gasteiger partial charge on any atom is 0.418 e. The van der Waals surface area contributed by atoms with E-state index in [1.165, 1.54) is 35.8 Å². The molecule has 3 rings (SSSR count). The zero-order valence-corrected chi connectivity index (χ0v) is 14.2. The van der Waals surface area contributed by atoms with Crippen LogP contribution in [-0.2, 0) is 6.18 Å². The van der Waals surface area contributed by atoms with Crippen LogP contribution in [0.5, 0.6) is 0 Å². The third-order valence-corrected chi connectivity index (χ3v) is 4.71. The minimum atomic E-state index is -4.54. The molecule has 0 spiro atoms. The predicted octanol–water partition coefficient (Wildman–Crippen LogP) is 5.31. The summed E-state index contributed by atoms with van der Waals surface area (Å²) in [7, 11) is 0. The molecule has 2 N–H and O–H groups in total. The average molecular weight is 380 g/mol. The van der Waals surface area contributed by atoms with E-state index >= 15 is 0 Å². The van der Waals surface area contributed by atoms with E-state index in [0.717, 1.165) is 10.9 Å². The molecule has 8 heteroatoms. The molecule has 136 valence electrons. The van der Waals surface area contributed by atoms with Crippen LogP contribution in [-0.4, -0.2) is 12.6 Å². The van der Waals surface area contributed by atoms with Crippen molar-refractivity contribution in [3.63, 3.8) is 0 Å². The maximum atomic E-state index is 13.0. The van der Waals surface area contributed by atoms with Gasteiger partial charge in [0, 0.05) is 11.4 Å². The maximum absolute atomic E-state index is 13.0. The number of benzene rings is 1. The third kappa shape index (κ3) is 4.26. The molecule has 2 heterocycles. The van der Waals surface area contributed by atoms with Gasteiger partial charge in [0.2, 0.25) is 0 Å². The molecule has 1 atom stereocenters. The number of carbonyl (C=O) groups excluding carboxylic acids is 1. The summed E-state index contributed by atoms with van der Waals surface area (Å²) in [4.78, 5) is 13.1. The molecule has 0 radical (unpaired) electrons. The minimum Gasteiger partial charge on any atom is -0.469 e. The van der Waals surface area contributed by atoms with Gasteiger partial charge in [-0.05, 0) is 35.7 Å². The van der Waals surface area contributed by atoms with E-state index in [-0.39, 0.29) is 18.2 Å². The van der Waals surface area contributed by atoms with Crippen molar-refractivity contribution < 1.29 is 22.4 Å². The fourth-order valence-electron chi connectivity index (χ4n) is 2.52. The zero-order valence-electron chi connectivity index (χ0n) is 13.4. The lowest BCUT2D eigenvalue weighted by atomic mass is 10.0. The number of thiophene rings is 1. The lowest BCUT2D eigenvalue weighted by Gasteiger charge is -2.16. The van der Waals surface area contributed by atoms with Gasteiger partial charge in [-0.25, -0.2) is 4.79 Å². The molecule has 2 amide bonds. The fraction of sp³-hybridized carbons (Fsp3) is 0.167. The monoisotopic (exact) mass is 380 g/mol. The van der Waals surface area contributed by atoms with Crippen molar-refractivity contribution in [2.24, 2.45) is 0 Å². The molecule has 2 aromatic heterocycles. The summed E-state index contributed by atoms with van der Waals surface area (Å²) in [5.41, 5.74) is -1.18. The predicted molar refractivity (Wildman–Crippen MR) is 93.3 cm³/mol. The molecule has 0 aliphatic rings. The van der Waals surface area contributed by atoms with Gasteiger partial charge in [0.1, 0.15) is 5.76 Å². The Labute approximate surface area is 151 Å². The Hall–Kier alpha value is -2.74. The van der Waals surface area contributed by atoms with E-state index in [4.69, 9.17) is 4.42 Å². The van der Waals surface area contributed by atoms with Crippen LogP contribution >= 0.6 is 11.3 Å². The smallest absolute Gasteiger partial charge is 0.418 e. The molecule has 0 unspecified atom stereocenters. The lowest BCUT2D eigenvalue weighted by molar-refractivity contribution is -0.136. The molecule has 0 bridgehead atoms. The quantitative estimate of drug-likeness (QED) is 0.630. The first kappa shape index (κ1) is 18.1. The highest BCUT2D eigenvalue weighted by molar-refractivity contribution is 7.10. The van der Waals surface area contributed by atoms with Crippen LogP contribution in [0.15, 0.2) is 64.6 Å². The second-order valence-electron chi connectivity index (χ2n) is 5.46. The zero-order chi connectivity index (χ0) is 18.6. The van der Waals surface area contributed by atoms with Crippen molar-refractivity contribution in [3.8, 4) is 0 Å². The molecule has 0 aliphatic carbocycles. The number of hydrogen-bond donors (Lipinski definition) is 2. The van der Waals surface area contributed by atoms with E-state index in [2.05, 4.69) is 10.6 Å². The highest BCUT2D eigenvalue weighted by Gasteiger charge is 2.33. The number of para-hydroxylation sites is 1. The third-order valence-electron chi connectivity index (χ3n) is 3.72. The summed E-state index contributed by atoms with van der Waals surface area (Å²) >= 11 is 1.51. The van der Waals surface area contributed by atoms with Gasteiger partial charge in [-0.2, -0.15) is 13.2 Å². The van der Waals surface area contributed by atoms with E-state index < -0.39 is 17.8 Å². The first-order valence-corrected chi connectivity index (χ1v) is 8.61. The molecular formula is C18H15F3N2O2S. The summed E-state index contributed by atoms with van der Waals surface area (Å²) in [6.45, 7) is 0.189. The summed E-state index contributed by atoms with van der Waals surface area (Å²) in [6, 6.07) is 11.5. The van der Waals surface area contributed by atoms with Crippen molar-refractivity contribution in [1.29, 1.82) is 0 Å². The highest BCUT2D eigenvalue weighted by Crippen LogP contribution is 2.34. The van der Waals surface area contributed by atoms with Crippen LogP contribution in [0.1, 0.15) is 22.1 Å². The number of furan rings is 1. The number of hydrogen-bond acceptors (Lipinski definition) is 3. The number of rotatable bonds is 5. The second kappa shape index (κ2) is 7.65. The largest absolute Gasteiger partial charge is 0.469 e. The van der Waals surface area contributed by atoms with Gasteiger partial charge < -0.3 is 15.1 Å². The van der Waals surface area contributed by atoms with Gasteiger partial charge in [0.05, 0.1) is 23.4 Å². The molecule has 26 heavy (non-hydrogen) atoms. The molecular weight excluding hydrogens is 365 g/mol. The topological polar surface area (TPSA) is 54.3 Å². The molecule has 0 saturated heterocycles. The van der Waals surface area contributed by atoms with Crippen LogP contribution in [0, 0.1) is 0 Å². The molecule has 0 saturated carbocycles. The van der Waals surface area contributed by atoms with Crippen LogP contribution in [0.3, 0.4) is 0 Å². The highest BCUT2D eigenvalue weighted by atomic mass is 32.1. The summed E-state index contributed by atoms with van der Waals surface area (Å²) < 4.78 is 44.4. The van der Waals surface area contributed by atoms with E-state index in [0.29, 0.717) is 5.76 Å². The SMILES string of the molecule is O=C(NC[C@H](c1ccco1)c1cccs1)Nc1ccccc1C(F)(F)F. The first-order chi connectivity index (χ1) is 12.4. The number of carbonyl (C=O) groups is 1. The van der Waals surface area contributed by atoms with Gasteiger partial charge in [-0.1, -0.05) is 18.2 Å². The minimum absolute atomic E-state index is 0.189. The number of anilines is 1. The number of nitrogens with one attached hydrogen (secondary N) is 2. The van der Waals surface area contributed by atoms with Gasteiger partial charge in [-0.15, -0.1) is 11.3 Å². The van der Waals surface area contributed by atoms with Crippen LogP contribution in [0.25, 0.3) is 0 Å². The normalized spacial score (nSPS) is 12.6. The number of alkyl halides is 3. The summed E-state index contributed by atoms with van der Waals surface area (Å²) in [6.07, 6.45) is -3.01. The Morgan fingerprint density at radius 1 is 1.12 bits per heavy atom. The lowest BCUT2D eigenvalue weighted by Crippen LogP contribution is -2.33. The van der Waals surface area contributed by atoms with Crippen molar-refractivity contribution in [1.82, 2.24) is 5.32 Å². The molecule has 3 aromatic rings. The Kier molecular flexibility index (Phi) is 5.32. The van der Waals surface area contributed by atoms with Crippen molar-refractivity contribution in [2.45, 2.75) is 12.1 Å². The Balaban J connectivity index is 1.69. The van der Waals surface area contributed by atoms with Crippen LogP contribution in [0.4, 0.5) is 23.7 Å². The standard InChI is InChI=1S/C18H15F3N2O2S/c19-18(20,21)13-5-1-2-6-14(13)23-17(24)22-11-12(15-7-3-9-25-15)16-8-4-10-26-16/h1-10,12H,11H2,(H2,22,23,24)/t12-/m1/s1.